The lowest BCUT2D eigenvalue weighted by Gasteiger charge is -2.18. The maximum atomic E-state index is 12.8. The van der Waals surface area contributed by atoms with Crippen molar-refractivity contribution in [1.82, 2.24) is 0 Å². The normalized spacial score (nSPS) is 12.5. The van der Waals surface area contributed by atoms with Crippen LogP contribution in [0.4, 0.5) is 0 Å². The van der Waals surface area contributed by atoms with Gasteiger partial charge in [-0.2, -0.15) is 0 Å². The molecular formula is C61H108O6. The molecule has 0 aliphatic carbocycles. The quantitative estimate of drug-likeness (QED) is 0.0262. The standard InChI is InChI=1S/C61H108O6/c1-4-7-10-13-16-19-22-25-27-28-29-30-31-32-34-36-39-42-45-48-51-54-60(63)66-57-58(56-65-59(62)53-50-47-44-41-38-35-24-21-18-15-12-9-6-3)67-61(64)55-52-49-46-43-40-37-33-26-23-20-17-14-11-8-5-2/h8,11,17,20,25-27,33,40,43,58H,4-7,9-10,12-16,18-19,21-24,28-32,34-39,41-42,44-57H2,1-3H3/b11-8-,20-17-,27-25-,33-26-,43-40-/t58-/m0/s1. The summed E-state index contributed by atoms with van der Waals surface area (Å²) in [6.45, 7) is 6.51. The summed E-state index contributed by atoms with van der Waals surface area (Å²) in [5.41, 5.74) is 0. The molecule has 0 rings (SSSR count). The summed E-state index contributed by atoms with van der Waals surface area (Å²) in [4.78, 5) is 38.1. The zero-order chi connectivity index (χ0) is 48.6. The zero-order valence-corrected chi connectivity index (χ0v) is 44.4. The van der Waals surface area contributed by atoms with Gasteiger partial charge in [0.1, 0.15) is 13.2 Å². The molecule has 0 radical (unpaired) electrons. The van der Waals surface area contributed by atoms with Crippen molar-refractivity contribution in [1.29, 1.82) is 0 Å². The average molecular weight is 938 g/mol. The first-order valence-electron chi connectivity index (χ1n) is 28.8. The van der Waals surface area contributed by atoms with Gasteiger partial charge in [-0.25, -0.2) is 0 Å². The second kappa shape index (κ2) is 55.7. The molecule has 6 heteroatoms. The van der Waals surface area contributed by atoms with E-state index < -0.39 is 6.10 Å². The zero-order valence-electron chi connectivity index (χ0n) is 44.4. The number of carbonyl (C=O) groups is 3. The molecule has 6 nitrogen and oxygen atoms in total. The highest BCUT2D eigenvalue weighted by molar-refractivity contribution is 5.71. The van der Waals surface area contributed by atoms with Gasteiger partial charge in [0, 0.05) is 19.3 Å². The third-order valence-electron chi connectivity index (χ3n) is 12.5. The summed E-state index contributed by atoms with van der Waals surface area (Å²) >= 11 is 0. The number of allylic oxidation sites excluding steroid dienone is 10. The summed E-state index contributed by atoms with van der Waals surface area (Å²) in [6, 6.07) is 0. The van der Waals surface area contributed by atoms with Crippen LogP contribution in [0.3, 0.4) is 0 Å². The van der Waals surface area contributed by atoms with Gasteiger partial charge in [0.05, 0.1) is 0 Å². The fourth-order valence-electron chi connectivity index (χ4n) is 8.19. The van der Waals surface area contributed by atoms with Crippen LogP contribution in [-0.2, 0) is 28.6 Å². The number of hydrogen-bond acceptors (Lipinski definition) is 6. The van der Waals surface area contributed by atoms with Crippen LogP contribution in [0.25, 0.3) is 0 Å². The average Bonchev–Trinajstić information content (AvgIpc) is 3.33. The molecule has 0 spiro atoms. The third-order valence-corrected chi connectivity index (χ3v) is 12.5. The minimum Gasteiger partial charge on any atom is -0.462 e. The Kier molecular flexibility index (Phi) is 53.3. The van der Waals surface area contributed by atoms with Gasteiger partial charge >= 0.3 is 17.9 Å². The van der Waals surface area contributed by atoms with E-state index in [0.717, 1.165) is 77.0 Å². The predicted octanol–water partition coefficient (Wildman–Crippen LogP) is 19.2. The van der Waals surface area contributed by atoms with Crippen LogP contribution in [0.15, 0.2) is 60.8 Å². The molecule has 0 aliphatic rings. The summed E-state index contributed by atoms with van der Waals surface area (Å²) in [5, 5.41) is 0. The van der Waals surface area contributed by atoms with Crippen LogP contribution in [0.5, 0.6) is 0 Å². The Morgan fingerprint density at radius 1 is 0.313 bits per heavy atom. The Labute approximate surface area is 415 Å². The number of esters is 3. The fraction of sp³-hybridized carbons (Fsp3) is 0.787. The van der Waals surface area contributed by atoms with Crippen molar-refractivity contribution in [2.24, 2.45) is 0 Å². The summed E-state index contributed by atoms with van der Waals surface area (Å²) in [6.07, 6.45) is 69.3. The maximum Gasteiger partial charge on any atom is 0.306 e. The van der Waals surface area contributed by atoms with Gasteiger partial charge in [-0.15, -0.1) is 0 Å². The second-order valence-electron chi connectivity index (χ2n) is 19.2. The first-order chi connectivity index (χ1) is 33.0. The molecule has 0 saturated carbocycles. The molecule has 0 aromatic carbocycles. The number of hydrogen-bond donors (Lipinski definition) is 0. The Hall–Kier alpha value is -2.89. The molecule has 0 fully saturated rings. The molecule has 0 heterocycles. The molecular weight excluding hydrogens is 829 g/mol. The van der Waals surface area contributed by atoms with Crippen molar-refractivity contribution in [2.75, 3.05) is 13.2 Å². The van der Waals surface area contributed by atoms with Crippen molar-refractivity contribution in [3.8, 4) is 0 Å². The number of carbonyl (C=O) groups excluding carboxylic acids is 3. The summed E-state index contributed by atoms with van der Waals surface area (Å²) < 4.78 is 16.8. The van der Waals surface area contributed by atoms with Crippen molar-refractivity contribution >= 4 is 17.9 Å². The molecule has 1 atom stereocenters. The minimum absolute atomic E-state index is 0.0883. The van der Waals surface area contributed by atoms with Crippen molar-refractivity contribution in [2.45, 2.75) is 297 Å². The first-order valence-corrected chi connectivity index (χ1v) is 28.8. The minimum atomic E-state index is -0.794. The van der Waals surface area contributed by atoms with Gasteiger partial charge in [0.25, 0.3) is 0 Å². The highest BCUT2D eigenvalue weighted by Crippen LogP contribution is 2.16. The van der Waals surface area contributed by atoms with Crippen LogP contribution < -0.4 is 0 Å². The van der Waals surface area contributed by atoms with E-state index in [1.807, 2.05) is 0 Å². The van der Waals surface area contributed by atoms with Crippen LogP contribution in [0, 0.1) is 0 Å². The Morgan fingerprint density at radius 2 is 0.582 bits per heavy atom. The molecule has 0 N–H and O–H groups in total. The van der Waals surface area contributed by atoms with Gasteiger partial charge in [0.2, 0.25) is 0 Å². The number of unbranched alkanes of at least 4 members (excludes halogenated alkanes) is 31. The summed E-state index contributed by atoms with van der Waals surface area (Å²) in [7, 11) is 0. The van der Waals surface area contributed by atoms with E-state index in [0.29, 0.717) is 19.3 Å². The van der Waals surface area contributed by atoms with E-state index in [1.165, 1.54) is 167 Å². The van der Waals surface area contributed by atoms with Crippen LogP contribution in [-0.4, -0.2) is 37.2 Å². The largest absolute Gasteiger partial charge is 0.462 e. The van der Waals surface area contributed by atoms with Crippen LogP contribution in [0.2, 0.25) is 0 Å². The molecule has 0 saturated heterocycles. The van der Waals surface area contributed by atoms with Gasteiger partial charge in [0.15, 0.2) is 6.10 Å². The Bertz CT molecular complexity index is 1210. The highest BCUT2D eigenvalue weighted by atomic mass is 16.6. The van der Waals surface area contributed by atoms with E-state index in [9.17, 15) is 14.4 Å². The van der Waals surface area contributed by atoms with E-state index in [1.54, 1.807) is 0 Å². The lowest BCUT2D eigenvalue weighted by Crippen LogP contribution is -2.30. The molecule has 0 aromatic rings. The number of ether oxygens (including phenoxy) is 3. The molecule has 0 aromatic heterocycles. The predicted molar refractivity (Wildman–Crippen MR) is 288 cm³/mol. The van der Waals surface area contributed by atoms with Crippen molar-refractivity contribution in [3.63, 3.8) is 0 Å². The third kappa shape index (κ3) is 53.9. The van der Waals surface area contributed by atoms with Crippen LogP contribution in [0.1, 0.15) is 290 Å². The van der Waals surface area contributed by atoms with E-state index >= 15 is 0 Å². The molecule has 388 valence electrons. The second-order valence-corrected chi connectivity index (χ2v) is 19.2. The maximum absolute atomic E-state index is 12.8. The topological polar surface area (TPSA) is 78.9 Å². The summed E-state index contributed by atoms with van der Waals surface area (Å²) in [5.74, 6) is -0.920. The smallest absolute Gasteiger partial charge is 0.306 e. The lowest BCUT2D eigenvalue weighted by molar-refractivity contribution is -0.167. The lowest BCUT2D eigenvalue weighted by atomic mass is 10.0. The SMILES string of the molecule is CC/C=C\C/C=C\C/C=C\C/C=C\CCCCC(=O)O[C@H](COC(=O)CCCCCCCCCCCCC/C=C\CCCCCCCC)COC(=O)CCCCCCCCCCCCCCC. The fourth-order valence-corrected chi connectivity index (χ4v) is 8.19. The molecule has 0 bridgehead atoms. The monoisotopic (exact) mass is 937 g/mol. The van der Waals surface area contributed by atoms with E-state index in [4.69, 9.17) is 14.2 Å². The Balaban J connectivity index is 4.35. The molecule has 0 aliphatic heterocycles. The van der Waals surface area contributed by atoms with Crippen molar-refractivity contribution in [3.05, 3.63) is 60.8 Å². The number of rotatable bonds is 52. The first kappa shape index (κ1) is 64.1. The molecule has 67 heavy (non-hydrogen) atoms. The van der Waals surface area contributed by atoms with Gasteiger partial charge in [-0.1, -0.05) is 248 Å². The van der Waals surface area contributed by atoms with E-state index in [2.05, 4.69) is 81.5 Å². The van der Waals surface area contributed by atoms with Gasteiger partial charge in [-0.05, 0) is 83.5 Å². The van der Waals surface area contributed by atoms with E-state index in [-0.39, 0.29) is 37.5 Å². The van der Waals surface area contributed by atoms with Gasteiger partial charge in [-0.3, -0.25) is 14.4 Å². The molecule has 0 amide bonds. The molecule has 0 unspecified atom stereocenters. The van der Waals surface area contributed by atoms with Crippen molar-refractivity contribution < 1.29 is 28.6 Å². The van der Waals surface area contributed by atoms with Gasteiger partial charge < -0.3 is 14.2 Å². The van der Waals surface area contributed by atoms with Crippen LogP contribution >= 0.6 is 0 Å². The Morgan fingerprint density at radius 3 is 0.955 bits per heavy atom. The highest BCUT2D eigenvalue weighted by Gasteiger charge is 2.19.